The van der Waals surface area contributed by atoms with E-state index < -0.39 is 5.97 Å². The Kier molecular flexibility index (Phi) is 4.73. The van der Waals surface area contributed by atoms with E-state index in [4.69, 9.17) is 14.2 Å². The molecule has 1 heterocycles. The van der Waals surface area contributed by atoms with Gasteiger partial charge >= 0.3 is 5.97 Å². The molecule has 23 heavy (non-hydrogen) atoms. The molecule has 5 nitrogen and oxygen atoms in total. The molecule has 0 radical (unpaired) electrons. The van der Waals surface area contributed by atoms with E-state index in [9.17, 15) is 4.79 Å². The van der Waals surface area contributed by atoms with Gasteiger partial charge in [-0.3, -0.25) is 0 Å². The van der Waals surface area contributed by atoms with Gasteiger partial charge in [0.05, 0.1) is 17.3 Å². The maximum absolute atomic E-state index is 11.7. The predicted molar refractivity (Wildman–Crippen MR) is 87.9 cm³/mol. The van der Waals surface area contributed by atoms with Crippen LogP contribution >= 0.6 is 11.3 Å². The Bertz CT molecular complexity index is 765. The quantitative estimate of drug-likeness (QED) is 0.649. The molecule has 0 bridgehead atoms. The molecule has 1 aromatic heterocycles. The number of rotatable bonds is 6. The molecule has 0 N–H and O–H groups in total. The summed E-state index contributed by atoms with van der Waals surface area (Å²) in [4.78, 5) is 16.1. The Morgan fingerprint density at radius 3 is 2.57 bits per heavy atom. The summed E-state index contributed by atoms with van der Waals surface area (Å²) in [5.41, 5.74) is 0.915. The summed E-state index contributed by atoms with van der Waals surface area (Å²) in [5.74, 6) is 0.888. The molecule has 0 aliphatic heterocycles. The van der Waals surface area contributed by atoms with Gasteiger partial charge in [-0.1, -0.05) is 12.1 Å². The summed E-state index contributed by atoms with van der Waals surface area (Å²) in [6, 6.07) is 14.8. The second kappa shape index (κ2) is 7.11. The lowest BCUT2D eigenvalue weighted by Gasteiger charge is -2.06. The van der Waals surface area contributed by atoms with Gasteiger partial charge in [0.2, 0.25) is 0 Å². The number of esters is 1. The number of thiazole rings is 1. The lowest BCUT2D eigenvalue weighted by Crippen LogP contribution is -2.14. The van der Waals surface area contributed by atoms with Gasteiger partial charge in [-0.15, -0.1) is 11.3 Å². The van der Waals surface area contributed by atoms with Crippen molar-refractivity contribution in [2.24, 2.45) is 0 Å². The molecule has 0 atom stereocenters. The molecule has 0 aliphatic rings. The highest BCUT2D eigenvalue weighted by molar-refractivity contribution is 7.18. The van der Waals surface area contributed by atoms with E-state index in [1.165, 1.54) is 11.3 Å². The highest BCUT2D eigenvalue weighted by Gasteiger charge is 2.08. The minimum Gasteiger partial charge on any atom is -0.497 e. The zero-order valence-corrected chi connectivity index (χ0v) is 13.3. The average molecular weight is 329 g/mol. The number of hydrogen-bond donors (Lipinski definition) is 0. The van der Waals surface area contributed by atoms with Crippen LogP contribution in [0.5, 0.6) is 11.5 Å². The number of para-hydroxylation sites is 1. The fourth-order valence-electron chi connectivity index (χ4n) is 1.98. The minimum absolute atomic E-state index is 0.142. The Labute approximate surface area is 137 Å². The van der Waals surface area contributed by atoms with E-state index in [0.717, 1.165) is 21.0 Å². The molecule has 0 aliphatic carbocycles. The summed E-state index contributed by atoms with van der Waals surface area (Å²) in [7, 11) is 1.59. The number of fused-ring (bicyclic) bond motifs is 1. The summed E-state index contributed by atoms with van der Waals surface area (Å²) < 4.78 is 16.7. The van der Waals surface area contributed by atoms with Gasteiger partial charge in [0, 0.05) is 0 Å². The number of nitrogens with zero attached hydrogens (tertiary/aromatic N) is 1. The van der Waals surface area contributed by atoms with E-state index in [1.807, 2.05) is 24.3 Å². The minimum atomic E-state index is -0.430. The summed E-state index contributed by atoms with van der Waals surface area (Å²) in [6.07, 6.45) is 0. The molecule has 0 saturated carbocycles. The van der Waals surface area contributed by atoms with Crippen molar-refractivity contribution in [3.63, 3.8) is 0 Å². The standard InChI is InChI=1S/C17H15NO4S/c1-20-12-6-8-13(9-7-12)21-11-17(19)22-10-16-18-14-4-2-3-5-15(14)23-16/h2-9H,10-11H2,1H3. The fourth-order valence-corrected chi connectivity index (χ4v) is 2.86. The lowest BCUT2D eigenvalue weighted by molar-refractivity contribution is -0.147. The largest absolute Gasteiger partial charge is 0.497 e. The van der Waals surface area contributed by atoms with Crippen molar-refractivity contribution < 1.29 is 19.0 Å². The molecule has 0 fully saturated rings. The fraction of sp³-hybridized carbons (Fsp3) is 0.176. The van der Waals surface area contributed by atoms with Crippen molar-refractivity contribution in [3.05, 3.63) is 53.5 Å². The second-order valence-electron chi connectivity index (χ2n) is 4.70. The number of hydrogen-bond acceptors (Lipinski definition) is 6. The molecule has 3 rings (SSSR count). The van der Waals surface area contributed by atoms with Crippen molar-refractivity contribution in [2.75, 3.05) is 13.7 Å². The van der Waals surface area contributed by atoms with Crippen LogP contribution < -0.4 is 9.47 Å². The van der Waals surface area contributed by atoms with Gasteiger partial charge in [0.25, 0.3) is 0 Å². The van der Waals surface area contributed by atoms with Gasteiger partial charge in [-0.05, 0) is 36.4 Å². The first-order chi connectivity index (χ1) is 11.2. The molecule has 0 amide bonds. The molecular weight excluding hydrogens is 314 g/mol. The van der Waals surface area contributed by atoms with E-state index >= 15 is 0 Å². The number of carbonyl (C=O) groups is 1. The number of carbonyl (C=O) groups excluding carboxylic acids is 1. The normalized spacial score (nSPS) is 10.5. The molecule has 3 aromatic rings. The van der Waals surface area contributed by atoms with Crippen LogP contribution in [0, 0.1) is 0 Å². The van der Waals surface area contributed by atoms with Crippen molar-refractivity contribution in [2.45, 2.75) is 6.61 Å². The molecule has 0 spiro atoms. The van der Waals surface area contributed by atoms with Crippen LogP contribution in [0.1, 0.15) is 5.01 Å². The van der Waals surface area contributed by atoms with E-state index in [0.29, 0.717) is 5.75 Å². The topological polar surface area (TPSA) is 57.7 Å². The van der Waals surface area contributed by atoms with E-state index in [-0.39, 0.29) is 13.2 Å². The van der Waals surface area contributed by atoms with Crippen LogP contribution in [-0.2, 0) is 16.1 Å². The van der Waals surface area contributed by atoms with Crippen molar-refractivity contribution in [1.82, 2.24) is 4.98 Å². The first kappa shape index (κ1) is 15.3. The third-order valence-corrected chi connectivity index (χ3v) is 4.12. The van der Waals surface area contributed by atoms with Crippen molar-refractivity contribution in [1.29, 1.82) is 0 Å². The Balaban J connectivity index is 1.49. The number of ether oxygens (including phenoxy) is 3. The first-order valence-corrected chi connectivity index (χ1v) is 7.83. The molecular formula is C17H15NO4S. The molecule has 6 heteroatoms. The summed E-state index contributed by atoms with van der Waals surface area (Å²) in [5, 5.41) is 0.768. The summed E-state index contributed by atoms with van der Waals surface area (Å²) >= 11 is 1.51. The molecule has 0 saturated heterocycles. The molecule has 0 unspecified atom stereocenters. The van der Waals surface area contributed by atoms with E-state index in [2.05, 4.69) is 4.98 Å². The predicted octanol–water partition coefficient (Wildman–Crippen LogP) is 3.43. The molecule has 118 valence electrons. The summed E-state index contributed by atoms with van der Waals surface area (Å²) in [6.45, 7) is 0.0153. The third kappa shape index (κ3) is 3.98. The van der Waals surface area contributed by atoms with E-state index in [1.54, 1.807) is 31.4 Å². The maximum atomic E-state index is 11.7. The zero-order valence-electron chi connectivity index (χ0n) is 12.5. The highest BCUT2D eigenvalue weighted by Crippen LogP contribution is 2.22. The van der Waals surface area contributed by atoms with Crippen molar-refractivity contribution >= 4 is 27.5 Å². The molecule has 2 aromatic carbocycles. The lowest BCUT2D eigenvalue weighted by atomic mass is 10.3. The van der Waals surface area contributed by atoms with Crippen LogP contribution in [0.4, 0.5) is 0 Å². The number of methoxy groups -OCH3 is 1. The monoisotopic (exact) mass is 329 g/mol. The van der Waals surface area contributed by atoms with Gasteiger partial charge in [-0.25, -0.2) is 9.78 Å². The van der Waals surface area contributed by atoms with Crippen molar-refractivity contribution in [3.8, 4) is 11.5 Å². The Morgan fingerprint density at radius 2 is 1.83 bits per heavy atom. The van der Waals surface area contributed by atoms with Crippen LogP contribution in [0.25, 0.3) is 10.2 Å². The number of aromatic nitrogens is 1. The second-order valence-corrected chi connectivity index (χ2v) is 5.82. The van der Waals surface area contributed by atoms with Crippen LogP contribution in [0.15, 0.2) is 48.5 Å². The highest BCUT2D eigenvalue weighted by atomic mass is 32.1. The van der Waals surface area contributed by atoms with Crippen LogP contribution in [0.3, 0.4) is 0 Å². The first-order valence-electron chi connectivity index (χ1n) is 7.01. The third-order valence-electron chi connectivity index (χ3n) is 3.11. The smallest absolute Gasteiger partial charge is 0.344 e. The van der Waals surface area contributed by atoms with Crippen LogP contribution in [-0.4, -0.2) is 24.7 Å². The van der Waals surface area contributed by atoms with Gasteiger partial charge in [-0.2, -0.15) is 0 Å². The number of benzene rings is 2. The van der Waals surface area contributed by atoms with Gasteiger partial charge in [0.1, 0.15) is 23.1 Å². The SMILES string of the molecule is COc1ccc(OCC(=O)OCc2nc3ccccc3s2)cc1. The maximum Gasteiger partial charge on any atom is 0.344 e. The zero-order chi connectivity index (χ0) is 16.1. The van der Waals surface area contributed by atoms with Gasteiger partial charge in [0.15, 0.2) is 6.61 Å². The Morgan fingerprint density at radius 1 is 1.09 bits per heavy atom. The van der Waals surface area contributed by atoms with Gasteiger partial charge < -0.3 is 14.2 Å². The van der Waals surface area contributed by atoms with Crippen LogP contribution in [0.2, 0.25) is 0 Å². The average Bonchev–Trinajstić information content (AvgIpc) is 3.01. The Hall–Kier alpha value is -2.60.